The first-order chi connectivity index (χ1) is 18.3. The summed E-state index contributed by atoms with van der Waals surface area (Å²) in [5, 5.41) is 18.7. The van der Waals surface area contributed by atoms with E-state index in [0.717, 1.165) is 49.6 Å². The van der Waals surface area contributed by atoms with Gasteiger partial charge in [0.1, 0.15) is 17.0 Å². The molecule has 3 rings (SSSR count). The molecule has 12 nitrogen and oxygen atoms in total. The van der Waals surface area contributed by atoms with Crippen LogP contribution in [0.1, 0.15) is 77.5 Å². The first-order valence-corrected chi connectivity index (χ1v) is 14.8. The monoisotopic (exact) mass is 564 g/mol. The summed E-state index contributed by atoms with van der Waals surface area (Å²) >= 11 is 0. The van der Waals surface area contributed by atoms with Gasteiger partial charge >= 0.3 is 5.97 Å². The number of sulfone groups is 1. The fraction of sp³-hybridized carbons (Fsp3) is 0.577. The maximum absolute atomic E-state index is 12.1. The lowest BCUT2D eigenvalue weighted by Gasteiger charge is -2.24. The molecule has 2 aromatic rings. The third kappa shape index (κ3) is 9.34. The number of hydrogen-bond donors (Lipinski definition) is 0. The van der Waals surface area contributed by atoms with E-state index in [9.17, 15) is 23.3 Å². The number of oxime groups is 1. The number of carbonyl (C=O) groups is 1. The Hall–Kier alpha value is -3.48. The van der Waals surface area contributed by atoms with Crippen molar-refractivity contribution in [2.24, 2.45) is 5.16 Å². The predicted octanol–water partition coefficient (Wildman–Crippen LogP) is 4.51. The number of rotatable bonds is 12. The molecule has 1 fully saturated rings. The molecule has 1 saturated carbocycles. The Bertz CT molecular complexity index is 1270. The van der Waals surface area contributed by atoms with Crippen molar-refractivity contribution in [3.8, 4) is 11.3 Å². The zero-order chi connectivity index (χ0) is 28.6. The highest BCUT2D eigenvalue weighted by Crippen LogP contribution is 2.33. The normalized spacial score (nSPS) is 15.1. The maximum Gasteiger partial charge on any atom is 0.347 e. The van der Waals surface area contributed by atoms with Crippen LogP contribution in [0.4, 0.5) is 0 Å². The predicted molar refractivity (Wildman–Crippen MR) is 143 cm³/mol. The summed E-state index contributed by atoms with van der Waals surface area (Å²) in [6.07, 6.45) is 6.89. The lowest BCUT2D eigenvalue weighted by atomic mass is 9.95. The van der Waals surface area contributed by atoms with Crippen molar-refractivity contribution in [1.82, 2.24) is 9.78 Å². The number of nitrogens with zero attached hydrogens (tertiary/aromatic N) is 4. The Morgan fingerprint density at radius 3 is 2.44 bits per heavy atom. The van der Waals surface area contributed by atoms with E-state index >= 15 is 0 Å². The van der Waals surface area contributed by atoms with Crippen LogP contribution in [0.15, 0.2) is 40.4 Å². The van der Waals surface area contributed by atoms with E-state index in [1.54, 1.807) is 45.0 Å². The van der Waals surface area contributed by atoms with Gasteiger partial charge in [-0.2, -0.15) is 5.10 Å². The van der Waals surface area contributed by atoms with Crippen LogP contribution in [-0.2, 0) is 29.0 Å². The third-order valence-corrected chi connectivity index (χ3v) is 7.19. The number of aromatic nitrogens is 2. The molecule has 0 N–H and O–H groups in total. The van der Waals surface area contributed by atoms with Gasteiger partial charge in [0.2, 0.25) is 6.61 Å². The minimum absolute atomic E-state index is 0.138. The Balaban J connectivity index is 1.94. The second-order valence-electron chi connectivity index (χ2n) is 10.5. The molecule has 0 saturated heterocycles. The molecular formula is C26H36N4O8S. The molecule has 13 heteroatoms. The molecule has 0 aliphatic heterocycles. The average Bonchev–Trinajstić information content (AvgIpc) is 3.30. The van der Waals surface area contributed by atoms with E-state index in [1.165, 1.54) is 0 Å². The van der Waals surface area contributed by atoms with Gasteiger partial charge in [-0.15, -0.1) is 10.1 Å². The van der Waals surface area contributed by atoms with E-state index in [0.29, 0.717) is 11.4 Å². The fourth-order valence-corrected chi connectivity index (χ4v) is 4.99. The lowest BCUT2D eigenvalue weighted by molar-refractivity contribution is -0.757. The molecule has 39 heavy (non-hydrogen) atoms. The highest BCUT2D eigenvalue weighted by molar-refractivity contribution is 7.90. The summed E-state index contributed by atoms with van der Waals surface area (Å²) in [7, 11) is -3.34. The average molecular weight is 565 g/mol. The standard InChI is InChI=1S/C26H36N4O8S/c1-26(2,3)38-25(31)18-36-28-22(11-8-16-37-30(32)33)23-17-24(29(27-23)20-9-6-5-7-10-20)19-12-14-21(15-13-19)39(4,34)35/h12-15,17,20H,5-11,16,18H2,1-4H3/b28-22+. The summed E-state index contributed by atoms with van der Waals surface area (Å²) in [4.78, 5) is 32.6. The van der Waals surface area contributed by atoms with Crippen LogP contribution in [0.25, 0.3) is 11.3 Å². The zero-order valence-electron chi connectivity index (χ0n) is 22.8. The van der Waals surface area contributed by atoms with Gasteiger partial charge in [0.15, 0.2) is 9.84 Å². The number of hydrogen-bond acceptors (Lipinski definition) is 10. The van der Waals surface area contributed by atoms with Crippen LogP contribution < -0.4 is 0 Å². The van der Waals surface area contributed by atoms with E-state index in [-0.39, 0.29) is 30.4 Å². The number of esters is 1. The summed E-state index contributed by atoms with van der Waals surface area (Å²) in [6.45, 7) is 4.70. The van der Waals surface area contributed by atoms with Gasteiger partial charge in [-0.25, -0.2) is 13.2 Å². The Morgan fingerprint density at radius 2 is 1.85 bits per heavy atom. The Kier molecular flexibility index (Phi) is 10.1. The molecule has 1 aromatic heterocycles. The van der Waals surface area contributed by atoms with E-state index in [1.807, 2.05) is 10.7 Å². The highest BCUT2D eigenvalue weighted by atomic mass is 32.2. The van der Waals surface area contributed by atoms with Gasteiger partial charge < -0.3 is 14.4 Å². The van der Waals surface area contributed by atoms with Crippen molar-refractivity contribution < 1.29 is 32.7 Å². The Morgan fingerprint density at radius 1 is 1.18 bits per heavy atom. The van der Waals surface area contributed by atoms with E-state index < -0.39 is 33.1 Å². The minimum Gasteiger partial charge on any atom is -0.457 e. The molecule has 0 amide bonds. The highest BCUT2D eigenvalue weighted by Gasteiger charge is 2.23. The molecule has 0 atom stereocenters. The molecule has 214 valence electrons. The lowest BCUT2D eigenvalue weighted by Crippen LogP contribution is -2.26. The van der Waals surface area contributed by atoms with Crippen LogP contribution in [0.3, 0.4) is 0 Å². The van der Waals surface area contributed by atoms with E-state index in [4.69, 9.17) is 14.7 Å². The molecule has 1 aliphatic carbocycles. The van der Waals surface area contributed by atoms with Crippen LogP contribution in [0.2, 0.25) is 0 Å². The molecule has 1 aromatic carbocycles. The van der Waals surface area contributed by atoms with Crippen molar-refractivity contribution in [3.63, 3.8) is 0 Å². The second-order valence-corrected chi connectivity index (χ2v) is 12.5. The summed E-state index contributed by atoms with van der Waals surface area (Å²) < 4.78 is 31.1. The summed E-state index contributed by atoms with van der Waals surface area (Å²) in [6, 6.07) is 8.62. The van der Waals surface area contributed by atoms with Gasteiger partial charge in [-0.05, 0) is 70.2 Å². The second kappa shape index (κ2) is 13.0. The Labute approximate surface area is 228 Å². The number of ether oxygens (including phenoxy) is 1. The van der Waals surface area contributed by atoms with Crippen molar-refractivity contribution in [2.45, 2.75) is 82.3 Å². The SMILES string of the molecule is CC(C)(C)OC(=O)CO/N=C(\CCCO[N+](=O)[O-])c1cc(-c2ccc(S(C)(=O)=O)cc2)n(C2CCCCC2)n1. The molecular weight excluding hydrogens is 528 g/mol. The van der Waals surface area contributed by atoms with E-state index in [2.05, 4.69) is 9.99 Å². The fourth-order valence-electron chi connectivity index (χ4n) is 4.36. The van der Waals surface area contributed by atoms with Gasteiger partial charge in [-0.3, -0.25) is 4.68 Å². The molecule has 0 spiro atoms. The van der Waals surface area contributed by atoms with Crippen LogP contribution in [0.5, 0.6) is 0 Å². The topological polar surface area (TPSA) is 152 Å². The quantitative estimate of drug-likeness (QED) is 0.119. The van der Waals surface area contributed by atoms with Crippen LogP contribution in [0, 0.1) is 10.1 Å². The smallest absolute Gasteiger partial charge is 0.347 e. The van der Waals surface area contributed by atoms with Crippen LogP contribution in [-0.4, -0.2) is 60.0 Å². The van der Waals surface area contributed by atoms with Gasteiger partial charge in [0, 0.05) is 6.26 Å². The van der Waals surface area contributed by atoms with Gasteiger partial charge in [0.25, 0.3) is 5.09 Å². The van der Waals surface area contributed by atoms with Gasteiger partial charge in [-0.1, -0.05) is 36.6 Å². The first-order valence-electron chi connectivity index (χ1n) is 12.9. The maximum atomic E-state index is 12.1. The molecule has 1 aliphatic rings. The molecule has 0 bridgehead atoms. The van der Waals surface area contributed by atoms with Crippen molar-refractivity contribution >= 4 is 21.5 Å². The van der Waals surface area contributed by atoms with Crippen LogP contribution >= 0.6 is 0 Å². The van der Waals surface area contributed by atoms with Crippen molar-refractivity contribution in [3.05, 3.63) is 46.1 Å². The third-order valence-electron chi connectivity index (χ3n) is 6.06. The first kappa shape index (κ1) is 30.1. The molecule has 0 radical (unpaired) electrons. The summed E-state index contributed by atoms with van der Waals surface area (Å²) in [5.41, 5.74) is 1.80. The summed E-state index contributed by atoms with van der Waals surface area (Å²) in [5.74, 6) is -0.582. The minimum atomic E-state index is -3.34. The zero-order valence-corrected chi connectivity index (χ0v) is 23.6. The molecule has 0 unspecified atom stereocenters. The van der Waals surface area contributed by atoms with Gasteiger partial charge in [0.05, 0.1) is 23.2 Å². The number of carbonyl (C=O) groups excluding carboxylic acids is 1. The number of benzene rings is 1. The van der Waals surface area contributed by atoms with Crippen molar-refractivity contribution in [2.75, 3.05) is 19.5 Å². The van der Waals surface area contributed by atoms with Crippen molar-refractivity contribution in [1.29, 1.82) is 0 Å². The molecule has 1 heterocycles. The largest absolute Gasteiger partial charge is 0.457 e.